The summed E-state index contributed by atoms with van der Waals surface area (Å²) in [5, 5.41) is 3.47. The molecule has 1 unspecified atom stereocenters. The second-order valence-corrected chi connectivity index (χ2v) is 7.49. The third kappa shape index (κ3) is 5.22. The SMILES string of the molecule is COc1cc(CNCC2CCCO2)c(Br)cc1OCc1cccc(C)c1. The zero-order valence-electron chi connectivity index (χ0n) is 15.4. The average Bonchev–Trinajstić information content (AvgIpc) is 3.15. The highest BCUT2D eigenvalue weighted by molar-refractivity contribution is 9.10. The molecular weight excluding hydrogens is 394 g/mol. The van der Waals surface area contributed by atoms with Crippen LogP contribution in [0, 0.1) is 6.92 Å². The van der Waals surface area contributed by atoms with Crippen LogP contribution in [-0.2, 0) is 17.9 Å². The maximum absolute atomic E-state index is 6.00. The van der Waals surface area contributed by atoms with E-state index < -0.39 is 0 Å². The Bertz CT molecular complexity index is 729. The molecule has 1 aliphatic heterocycles. The van der Waals surface area contributed by atoms with Gasteiger partial charge in [-0.05, 0) is 43.0 Å². The van der Waals surface area contributed by atoms with Crippen molar-refractivity contribution >= 4 is 15.9 Å². The number of benzene rings is 2. The normalized spacial score (nSPS) is 16.7. The molecule has 1 saturated heterocycles. The minimum atomic E-state index is 0.340. The fraction of sp³-hybridized carbons (Fsp3) is 0.429. The maximum Gasteiger partial charge on any atom is 0.162 e. The third-order valence-corrected chi connectivity index (χ3v) is 5.26. The van der Waals surface area contributed by atoms with Gasteiger partial charge in [0.1, 0.15) is 6.61 Å². The van der Waals surface area contributed by atoms with E-state index in [9.17, 15) is 0 Å². The second kappa shape index (κ2) is 9.40. The highest BCUT2D eigenvalue weighted by Crippen LogP contribution is 2.34. The van der Waals surface area contributed by atoms with Gasteiger partial charge in [0.2, 0.25) is 0 Å². The van der Waals surface area contributed by atoms with Gasteiger partial charge in [-0.1, -0.05) is 45.8 Å². The van der Waals surface area contributed by atoms with Gasteiger partial charge in [0, 0.05) is 24.2 Å². The molecule has 0 amide bonds. The lowest BCUT2D eigenvalue weighted by Gasteiger charge is -2.15. The molecule has 0 aliphatic carbocycles. The van der Waals surface area contributed by atoms with Crippen molar-refractivity contribution in [2.24, 2.45) is 0 Å². The molecule has 0 radical (unpaired) electrons. The molecule has 0 saturated carbocycles. The number of aryl methyl sites for hydroxylation is 1. The lowest BCUT2D eigenvalue weighted by molar-refractivity contribution is 0.110. The first-order valence-electron chi connectivity index (χ1n) is 9.03. The maximum atomic E-state index is 6.00. The van der Waals surface area contributed by atoms with Gasteiger partial charge in [-0.3, -0.25) is 0 Å². The Labute approximate surface area is 164 Å². The molecule has 1 N–H and O–H groups in total. The molecule has 5 heteroatoms. The van der Waals surface area contributed by atoms with Crippen LogP contribution < -0.4 is 14.8 Å². The second-order valence-electron chi connectivity index (χ2n) is 6.64. The summed E-state index contributed by atoms with van der Waals surface area (Å²) in [7, 11) is 1.67. The van der Waals surface area contributed by atoms with Crippen LogP contribution in [-0.4, -0.2) is 26.4 Å². The van der Waals surface area contributed by atoms with Crippen molar-refractivity contribution in [3.63, 3.8) is 0 Å². The van der Waals surface area contributed by atoms with E-state index >= 15 is 0 Å². The Kier molecular flexibility index (Phi) is 6.94. The number of ether oxygens (including phenoxy) is 3. The fourth-order valence-corrected chi connectivity index (χ4v) is 3.58. The predicted octanol–water partition coefficient (Wildman–Crippen LogP) is 4.61. The summed E-state index contributed by atoms with van der Waals surface area (Å²) in [4.78, 5) is 0. The highest BCUT2D eigenvalue weighted by Gasteiger charge is 2.15. The van der Waals surface area contributed by atoms with E-state index in [0.717, 1.165) is 59.6 Å². The first-order chi connectivity index (χ1) is 12.7. The summed E-state index contributed by atoms with van der Waals surface area (Å²) >= 11 is 3.66. The van der Waals surface area contributed by atoms with Crippen LogP contribution in [0.3, 0.4) is 0 Å². The molecule has 1 aliphatic rings. The lowest BCUT2D eigenvalue weighted by atomic mass is 10.1. The first kappa shape index (κ1) is 19.2. The Morgan fingerprint density at radius 1 is 1.23 bits per heavy atom. The topological polar surface area (TPSA) is 39.7 Å². The molecular formula is C21H26BrNO3. The molecule has 0 aromatic heterocycles. The van der Waals surface area contributed by atoms with Gasteiger partial charge >= 0.3 is 0 Å². The standard InChI is InChI=1S/C21H26BrNO3/c1-15-5-3-6-16(9-15)14-26-21-11-19(22)17(10-20(21)24-2)12-23-13-18-7-4-8-25-18/h3,5-6,9-11,18,23H,4,7-8,12-14H2,1-2H3. The molecule has 1 fully saturated rings. The van der Waals surface area contributed by atoms with Crippen LogP contribution in [0.15, 0.2) is 40.9 Å². The number of halogens is 1. The van der Waals surface area contributed by atoms with E-state index in [1.54, 1.807) is 7.11 Å². The molecule has 0 bridgehead atoms. The van der Waals surface area contributed by atoms with Crippen LogP contribution in [0.4, 0.5) is 0 Å². The summed E-state index contributed by atoms with van der Waals surface area (Å²) in [6, 6.07) is 12.3. The van der Waals surface area contributed by atoms with Gasteiger partial charge < -0.3 is 19.5 Å². The van der Waals surface area contributed by atoms with Crippen molar-refractivity contribution in [1.82, 2.24) is 5.32 Å². The van der Waals surface area contributed by atoms with E-state index in [4.69, 9.17) is 14.2 Å². The number of methoxy groups -OCH3 is 1. The minimum absolute atomic E-state index is 0.340. The first-order valence-corrected chi connectivity index (χ1v) is 9.82. The molecule has 140 valence electrons. The van der Waals surface area contributed by atoms with E-state index in [1.807, 2.05) is 18.2 Å². The molecule has 26 heavy (non-hydrogen) atoms. The zero-order chi connectivity index (χ0) is 18.4. The predicted molar refractivity (Wildman–Crippen MR) is 107 cm³/mol. The largest absolute Gasteiger partial charge is 0.493 e. The van der Waals surface area contributed by atoms with Crippen molar-refractivity contribution in [3.05, 3.63) is 57.6 Å². The summed E-state index contributed by atoms with van der Waals surface area (Å²) in [6.45, 7) is 5.12. The van der Waals surface area contributed by atoms with Crippen molar-refractivity contribution in [3.8, 4) is 11.5 Å². The zero-order valence-corrected chi connectivity index (χ0v) is 17.0. The van der Waals surface area contributed by atoms with Crippen LogP contribution in [0.2, 0.25) is 0 Å². The van der Waals surface area contributed by atoms with Crippen LogP contribution in [0.25, 0.3) is 0 Å². The van der Waals surface area contributed by atoms with E-state index in [1.165, 1.54) is 5.56 Å². The summed E-state index contributed by atoms with van der Waals surface area (Å²) in [5.41, 5.74) is 3.51. The van der Waals surface area contributed by atoms with E-state index in [-0.39, 0.29) is 0 Å². The highest BCUT2D eigenvalue weighted by atomic mass is 79.9. The fourth-order valence-electron chi connectivity index (χ4n) is 3.12. The Hall–Kier alpha value is -1.56. The summed E-state index contributed by atoms with van der Waals surface area (Å²) < 4.78 is 18.2. The summed E-state index contributed by atoms with van der Waals surface area (Å²) in [6.07, 6.45) is 2.65. The minimum Gasteiger partial charge on any atom is -0.493 e. The monoisotopic (exact) mass is 419 g/mol. The van der Waals surface area contributed by atoms with Gasteiger partial charge in [0.15, 0.2) is 11.5 Å². The Morgan fingerprint density at radius 3 is 2.85 bits per heavy atom. The Morgan fingerprint density at radius 2 is 2.12 bits per heavy atom. The number of hydrogen-bond acceptors (Lipinski definition) is 4. The van der Waals surface area contributed by atoms with Crippen molar-refractivity contribution in [1.29, 1.82) is 0 Å². The van der Waals surface area contributed by atoms with Crippen LogP contribution in [0.1, 0.15) is 29.5 Å². The van der Waals surface area contributed by atoms with E-state index in [0.29, 0.717) is 12.7 Å². The smallest absolute Gasteiger partial charge is 0.162 e. The Balaban J connectivity index is 1.62. The van der Waals surface area contributed by atoms with Crippen molar-refractivity contribution in [2.75, 3.05) is 20.3 Å². The molecule has 4 nitrogen and oxygen atoms in total. The van der Waals surface area contributed by atoms with Crippen LogP contribution in [0.5, 0.6) is 11.5 Å². The quantitative estimate of drug-likeness (QED) is 0.677. The molecule has 1 heterocycles. The molecule has 3 rings (SSSR count). The number of hydrogen-bond donors (Lipinski definition) is 1. The van der Waals surface area contributed by atoms with Crippen molar-refractivity contribution < 1.29 is 14.2 Å². The van der Waals surface area contributed by atoms with Gasteiger partial charge in [0.05, 0.1) is 13.2 Å². The third-order valence-electron chi connectivity index (χ3n) is 4.52. The van der Waals surface area contributed by atoms with Gasteiger partial charge in [0.25, 0.3) is 0 Å². The average molecular weight is 420 g/mol. The lowest BCUT2D eigenvalue weighted by Crippen LogP contribution is -2.25. The van der Waals surface area contributed by atoms with Gasteiger partial charge in [-0.25, -0.2) is 0 Å². The number of nitrogens with one attached hydrogen (secondary N) is 1. The van der Waals surface area contributed by atoms with Crippen molar-refractivity contribution in [2.45, 2.75) is 39.0 Å². The molecule has 1 atom stereocenters. The van der Waals surface area contributed by atoms with Crippen LogP contribution >= 0.6 is 15.9 Å². The molecule has 0 spiro atoms. The number of rotatable bonds is 8. The summed E-state index contributed by atoms with van der Waals surface area (Å²) in [5.74, 6) is 1.48. The molecule has 2 aromatic carbocycles. The van der Waals surface area contributed by atoms with E-state index in [2.05, 4.69) is 46.4 Å². The van der Waals surface area contributed by atoms with Gasteiger partial charge in [-0.15, -0.1) is 0 Å². The molecule has 2 aromatic rings. The van der Waals surface area contributed by atoms with Gasteiger partial charge in [-0.2, -0.15) is 0 Å².